The second-order valence-corrected chi connectivity index (χ2v) is 17.7. The van der Waals surface area contributed by atoms with E-state index in [1.165, 1.54) is 87.2 Å². The van der Waals surface area contributed by atoms with Crippen LogP contribution in [0.25, 0.3) is 66.4 Å². The minimum Gasteiger partial charge on any atom is -0.0623 e. The molecule has 0 aromatic heterocycles. The summed E-state index contributed by atoms with van der Waals surface area (Å²) in [7, 11) is -2.98. The van der Waals surface area contributed by atoms with E-state index in [1.807, 2.05) is 0 Å². The zero-order chi connectivity index (χ0) is 35.2. The molecule has 0 heterocycles. The molecule has 0 nitrogen and oxygen atoms in total. The number of rotatable bonds is 7. The smallest absolute Gasteiger partial charge is 0.0623 e. The lowest BCUT2D eigenvalue weighted by atomic mass is 9.87. The zero-order valence-electron chi connectivity index (χ0n) is 29.3. The van der Waals surface area contributed by atoms with Crippen molar-refractivity contribution in [3.63, 3.8) is 0 Å². The van der Waals surface area contributed by atoms with E-state index >= 15 is 0 Å². The van der Waals surface area contributed by atoms with Crippen LogP contribution in [0.1, 0.15) is 0 Å². The van der Waals surface area contributed by atoms with Crippen molar-refractivity contribution in [1.82, 2.24) is 0 Å². The van der Waals surface area contributed by atoms with Crippen molar-refractivity contribution in [2.24, 2.45) is 0 Å². The number of benzene rings is 9. The molecule has 1 aliphatic rings. The average Bonchev–Trinajstić information content (AvgIpc) is 3.58. The summed E-state index contributed by atoms with van der Waals surface area (Å²) in [6, 6.07) is 81.4. The third-order valence-corrected chi connectivity index (χ3v) is 16.0. The van der Waals surface area contributed by atoms with E-state index in [4.69, 9.17) is 0 Å². The first-order chi connectivity index (χ1) is 26.3. The highest BCUT2D eigenvalue weighted by molar-refractivity contribution is 7.20. The summed E-state index contributed by atoms with van der Waals surface area (Å²) in [5.41, 5.74) is 12.8. The number of fused-ring (bicyclic) bond motifs is 3. The Morgan fingerprint density at radius 1 is 0.264 bits per heavy atom. The Morgan fingerprint density at radius 2 is 0.679 bits per heavy atom. The van der Waals surface area contributed by atoms with Crippen molar-refractivity contribution in [2.45, 2.75) is 0 Å². The van der Waals surface area contributed by atoms with E-state index in [0.717, 1.165) is 0 Å². The van der Waals surface area contributed by atoms with Crippen LogP contribution >= 0.6 is 0 Å². The third kappa shape index (κ3) is 4.89. The van der Waals surface area contributed by atoms with Crippen molar-refractivity contribution in [1.29, 1.82) is 0 Å². The molecule has 0 saturated heterocycles. The van der Waals surface area contributed by atoms with Crippen molar-refractivity contribution in [3.8, 4) is 55.6 Å². The van der Waals surface area contributed by atoms with Crippen molar-refractivity contribution < 1.29 is 0 Å². The van der Waals surface area contributed by atoms with E-state index < -0.39 is 8.07 Å². The molecule has 0 saturated carbocycles. The van der Waals surface area contributed by atoms with Gasteiger partial charge in [-0.25, -0.2) is 0 Å². The van der Waals surface area contributed by atoms with Crippen molar-refractivity contribution in [3.05, 3.63) is 218 Å². The first-order valence-electron chi connectivity index (χ1n) is 18.4. The maximum Gasteiger partial charge on any atom is 0.180 e. The normalized spacial score (nSPS) is 11.8. The van der Waals surface area contributed by atoms with Crippen LogP contribution in [0.15, 0.2) is 218 Å². The quantitative estimate of drug-likeness (QED) is 0.115. The molecule has 0 fully saturated rings. The van der Waals surface area contributed by atoms with Gasteiger partial charge < -0.3 is 0 Å². The van der Waals surface area contributed by atoms with Crippen LogP contribution in [-0.2, 0) is 0 Å². The molecule has 0 radical (unpaired) electrons. The van der Waals surface area contributed by atoms with Crippen LogP contribution in [0, 0.1) is 0 Å². The minimum atomic E-state index is -2.98. The highest BCUT2D eigenvalue weighted by Crippen LogP contribution is 2.55. The van der Waals surface area contributed by atoms with Gasteiger partial charge in [-0.15, -0.1) is 0 Å². The molecular formula is C52H36Si. The standard InChI is InChI=1S/C52H36Si/c1-7-20-37(21-8-1)43-34-35-46-50-44(43)32-19-33-45(50)51-47(38-22-9-2-10-23-38)36-48(49(52(46)51)39-24-11-3-12-25-39)53(40-26-13-4-14-27-40,41-28-15-5-16-29-41)42-30-17-6-18-31-42/h1-36H. The summed E-state index contributed by atoms with van der Waals surface area (Å²) in [5.74, 6) is 0. The Kier molecular flexibility index (Phi) is 7.60. The Balaban J connectivity index is 1.44. The molecule has 0 amide bonds. The molecule has 1 heteroatoms. The summed E-state index contributed by atoms with van der Waals surface area (Å²) in [5, 5.41) is 8.13. The predicted octanol–water partition coefficient (Wildman–Crippen LogP) is 10.9. The van der Waals surface area contributed by atoms with Gasteiger partial charge in [-0.2, -0.15) is 0 Å². The fraction of sp³-hybridized carbons (Fsp3) is 0. The highest BCUT2D eigenvalue weighted by atomic mass is 28.3. The molecule has 9 aromatic carbocycles. The van der Waals surface area contributed by atoms with Crippen LogP contribution < -0.4 is 20.7 Å². The molecule has 248 valence electrons. The number of hydrogen-bond donors (Lipinski definition) is 0. The summed E-state index contributed by atoms with van der Waals surface area (Å²) in [4.78, 5) is 0. The SMILES string of the molecule is c1ccc(-c2cc([Si](c3ccccc3)(c3ccccc3)c3ccccc3)c(-c3ccccc3)c3c2-c2cccc4c(-c5ccccc5)ccc-3c24)cc1. The maximum atomic E-state index is 2.60. The second kappa shape index (κ2) is 12.9. The zero-order valence-corrected chi connectivity index (χ0v) is 30.3. The van der Waals surface area contributed by atoms with Crippen molar-refractivity contribution in [2.75, 3.05) is 0 Å². The minimum absolute atomic E-state index is 1.23. The lowest BCUT2D eigenvalue weighted by Gasteiger charge is -2.37. The molecule has 0 unspecified atom stereocenters. The fourth-order valence-electron chi connectivity index (χ4n) is 9.00. The van der Waals surface area contributed by atoms with Gasteiger partial charge in [0.25, 0.3) is 0 Å². The van der Waals surface area contributed by atoms with Crippen LogP contribution in [0.2, 0.25) is 0 Å². The maximum absolute atomic E-state index is 2.98. The molecule has 0 aliphatic heterocycles. The van der Waals surface area contributed by atoms with E-state index in [9.17, 15) is 0 Å². The second-order valence-electron chi connectivity index (χ2n) is 13.9. The summed E-state index contributed by atoms with van der Waals surface area (Å²) >= 11 is 0. The van der Waals surface area contributed by atoms with Crippen LogP contribution in [0.5, 0.6) is 0 Å². The van der Waals surface area contributed by atoms with Gasteiger partial charge in [-0.05, 0) is 87.2 Å². The molecular weight excluding hydrogens is 653 g/mol. The van der Waals surface area contributed by atoms with Gasteiger partial charge in [0.1, 0.15) is 0 Å². The van der Waals surface area contributed by atoms with Gasteiger partial charge in [0, 0.05) is 0 Å². The predicted molar refractivity (Wildman–Crippen MR) is 228 cm³/mol. The summed E-state index contributed by atoms with van der Waals surface area (Å²) < 4.78 is 0. The Morgan fingerprint density at radius 3 is 1.19 bits per heavy atom. The first kappa shape index (κ1) is 31.2. The van der Waals surface area contributed by atoms with Gasteiger partial charge in [-0.3, -0.25) is 0 Å². The summed E-state index contributed by atoms with van der Waals surface area (Å²) in [6.45, 7) is 0. The van der Waals surface area contributed by atoms with Crippen LogP contribution in [0.4, 0.5) is 0 Å². The topological polar surface area (TPSA) is 0 Å². The van der Waals surface area contributed by atoms with Gasteiger partial charge in [-0.1, -0.05) is 218 Å². The fourth-order valence-corrected chi connectivity index (χ4v) is 14.0. The van der Waals surface area contributed by atoms with Crippen LogP contribution in [-0.4, -0.2) is 8.07 Å². The molecule has 10 rings (SSSR count). The van der Waals surface area contributed by atoms with Gasteiger partial charge in [0.2, 0.25) is 0 Å². The Bertz CT molecular complexity index is 2630. The van der Waals surface area contributed by atoms with Gasteiger partial charge in [0.15, 0.2) is 8.07 Å². The average molecular weight is 689 g/mol. The lowest BCUT2D eigenvalue weighted by molar-refractivity contribution is 1.59. The number of hydrogen-bond acceptors (Lipinski definition) is 0. The monoisotopic (exact) mass is 688 g/mol. The Hall–Kier alpha value is -6.54. The molecule has 1 aliphatic carbocycles. The molecule has 53 heavy (non-hydrogen) atoms. The third-order valence-electron chi connectivity index (χ3n) is 11.2. The highest BCUT2D eigenvalue weighted by Gasteiger charge is 2.45. The summed E-state index contributed by atoms with van der Waals surface area (Å²) in [6.07, 6.45) is 0. The first-order valence-corrected chi connectivity index (χ1v) is 20.4. The Labute approximate surface area is 312 Å². The van der Waals surface area contributed by atoms with E-state index in [1.54, 1.807) is 0 Å². The van der Waals surface area contributed by atoms with Crippen LogP contribution in [0.3, 0.4) is 0 Å². The van der Waals surface area contributed by atoms with E-state index in [0.29, 0.717) is 0 Å². The molecule has 9 aromatic rings. The van der Waals surface area contributed by atoms with Crippen molar-refractivity contribution >= 4 is 39.6 Å². The molecule has 0 spiro atoms. The van der Waals surface area contributed by atoms with E-state index in [2.05, 4.69) is 218 Å². The van der Waals surface area contributed by atoms with Gasteiger partial charge in [0.05, 0.1) is 0 Å². The van der Waals surface area contributed by atoms with E-state index in [-0.39, 0.29) is 0 Å². The molecule has 0 N–H and O–H groups in total. The molecule has 0 bridgehead atoms. The largest absolute Gasteiger partial charge is 0.180 e. The van der Waals surface area contributed by atoms with Gasteiger partial charge >= 0.3 is 0 Å². The molecule has 0 atom stereocenters. The lowest BCUT2D eigenvalue weighted by Crippen LogP contribution is -2.75.